The van der Waals surface area contributed by atoms with Crippen molar-refractivity contribution in [3.8, 4) is 28.3 Å². The zero-order valence-electron chi connectivity index (χ0n) is 11.2. The van der Waals surface area contributed by atoms with Crippen LogP contribution in [0.1, 0.15) is 0 Å². The Morgan fingerprint density at radius 1 is 1.14 bits per heavy atom. The van der Waals surface area contributed by atoms with Gasteiger partial charge in [-0.15, -0.1) is 0 Å². The van der Waals surface area contributed by atoms with Crippen molar-refractivity contribution >= 4 is 5.82 Å². The molecule has 0 amide bonds. The minimum atomic E-state index is -0.419. The van der Waals surface area contributed by atoms with E-state index in [0.29, 0.717) is 17.0 Å². The largest absolute Gasteiger partial charge is 0.497 e. The highest BCUT2D eigenvalue weighted by atomic mass is 19.1. The van der Waals surface area contributed by atoms with Crippen LogP contribution in [0.25, 0.3) is 22.6 Å². The SMILES string of the molecule is COc1ccc(-c2c(N)noc2-c2ccc(F)cn2)cc1. The number of rotatable bonds is 3. The van der Waals surface area contributed by atoms with E-state index >= 15 is 0 Å². The van der Waals surface area contributed by atoms with Gasteiger partial charge in [-0.05, 0) is 29.8 Å². The topological polar surface area (TPSA) is 74.2 Å². The summed E-state index contributed by atoms with van der Waals surface area (Å²) in [4.78, 5) is 3.99. The smallest absolute Gasteiger partial charge is 0.195 e. The number of nitrogen functional groups attached to an aromatic ring is 1. The molecule has 0 unspecified atom stereocenters. The van der Waals surface area contributed by atoms with Gasteiger partial charge >= 0.3 is 0 Å². The van der Waals surface area contributed by atoms with Crippen LogP contribution in [0.15, 0.2) is 47.1 Å². The van der Waals surface area contributed by atoms with E-state index in [1.54, 1.807) is 7.11 Å². The Morgan fingerprint density at radius 3 is 2.52 bits per heavy atom. The van der Waals surface area contributed by atoms with Gasteiger partial charge in [0, 0.05) is 0 Å². The Labute approximate surface area is 120 Å². The van der Waals surface area contributed by atoms with Crippen LogP contribution in [0.3, 0.4) is 0 Å². The van der Waals surface area contributed by atoms with E-state index in [9.17, 15) is 4.39 Å². The van der Waals surface area contributed by atoms with Crippen LogP contribution in [-0.4, -0.2) is 17.3 Å². The van der Waals surface area contributed by atoms with Crippen LogP contribution in [0, 0.1) is 5.82 Å². The van der Waals surface area contributed by atoms with Gasteiger partial charge in [-0.3, -0.25) is 0 Å². The van der Waals surface area contributed by atoms with Crippen LogP contribution >= 0.6 is 0 Å². The number of aromatic nitrogens is 2. The first-order valence-electron chi connectivity index (χ1n) is 6.20. The van der Waals surface area contributed by atoms with E-state index in [0.717, 1.165) is 17.5 Å². The van der Waals surface area contributed by atoms with Gasteiger partial charge in [0.15, 0.2) is 11.6 Å². The summed E-state index contributed by atoms with van der Waals surface area (Å²) in [6, 6.07) is 10.1. The molecule has 5 nitrogen and oxygen atoms in total. The maximum Gasteiger partial charge on any atom is 0.195 e. The highest BCUT2D eigenvalue weighted by Gasteiger charge is 2.18. The summed E-state index contributed by atoms with van der Waals surface area (Å²) < 4.78 is 23.3. The van der Waals surface area contributed by atoms with Gasteiger partial charge in [0.05, 0.1) is 18.9 Å². The third-order valence-electron chi connectivity index (χ3n) is 3.06. The van der Waals surface area contributed by atoms with E-state index < -0.39 is 5.82 Å². The molecule has 0 aliphatic carbocycles. The molecular weight excluding hydrogens is 273 g/mol. The molecule has 0 aliphatic heterocycles. The Bertz CT molecular complexity index is 752. The maximum absolute atomic E-state index is 13.0. The van der Waals surface area contributed by atoms with Crippen molar-refractivity contribution in [3.05, 3.63) is 48.4 Å². The predicted molar refractivity (Wildman–Crippen MR) is 76.1 cm³/mol. The molecule has 0 saturated heterocycles. The van der Waals surface area contributed by atoms with Crippen molar-refractivity contribution in [2.75, 3.05) is 12.8 Å². The van der Waals surface area contributed by atoms with Crippen molar-refractivity contribution in [2.24, 2.45) is 0 Å². The van der Waals surface area contributed by atoms with E-state index in [2.05, 4.69) is 10.1 Å². The molecule has 106 valence electrons. The van der Waals surface area contributed by atoms with Crippen molar-refractivity contribution in [2.45, 2.75) is 0 Å². The second-order valence-corrected chi connectivity index (χ2v) is 4.36. The van der Waals surface area contributed by atoms with Crippen molar-refractivity contribution in [1.29, 1.82) is 0 Å². The van der Waals surface area contributed by atoms with Gasteiger partial charge in [-0.2, -0.15) is 0 Å². The summed E-state index contributed by atoms with van der Waals surface area (Å²) in [5.41, 5.74) is 7.77. The molecule has 2 aromatic heterocycles. The number of halogens is 1. The fraction of sp³-hybridized carbons (Fsp3) is 0.0667. The average molecular weight is 285 g/mol. The standard InChI is InChI=1S/C15H12FN3O2/c1-20-11-5-2-9(3-6-11)13-14(21-19-15(13)17)12-7-4-10(16)8-18-12/h2-8H,1H3,(H2,17,19). The molecule has 0 aliphatic rings. The molecule has 2 N–H and O–H groups in total. The monoisotopic (exact) mass is 285 g/mol. The van der Waals surface area contributed by atoms with Crippen LogP contribution in [0.5, 0.6) is 5.75 Å². The zero-order chi connectivity index (χ0) is 14.8. The third-order valence-corrected chi connectivity index (χ3v) is 3.06. The van der Waals surface area contributed by atoms with Gasteiger partial charge < -0.3 is 15.0 Å². The lowest BCUT2D eigenvalue weighted by Crippen LogP contribution is -1.90. The Morgan fingerprint density at radius 2 is 1.90 bits per heavy atom. The zero-order valence-corrected chi connectivity index (χ0v) is 11.2. The molecule has 21 heavy (non-hydrogen) atoms. The highest BCUT2D eigenvalue weighted by Crippen LogP contribution is 2.36. The number of methoxy groups -OCH3 is 1. The summed E-state index contributed by atoms with van der Waals surface area (Å²) in [5, 5.41) is 3.77. The fourth-order valence-electron chi connectivity index (χ4n) is 2.02. The van der Waals surface area contributed by atoms with E-state index in [1.807, 2.05) is 24.3 Å². The molecule has 6 heteroatoms. The maximum atomic E-state index is 13.0. The fourth-order valence-corrected chi connectivity index (χ4v) is 2.02. The number of nitrogens with two attached hydrogens (primary N) is 1. The predicted octanol–water partition coefficient (Wildman–Crippen LogP) is 3.13. The van der Waals surface area contributed by atoms with Crippen LogP contribution < -0.4 is 10.5 Å². The molecule has 0 fully saturated rings. The molecule has 0 atom stereocenters. The molecular formula is C15H12FN3O2. The van der Waals surface area contributed by atoms with Gasteiger partial charge in [0.2, 0.25) is 0 Å². The molecule has 0 spiro atoms. The van der Waals surface area contributed by atoms with E-state index in [4.69, 9.17) is 15.0 Å². The van der Waals surface area contributed by atoms with Gasteiger partial charge in [-0.1, -0.05) is 17.3 Å². The highest BCUT2D eigenvalue weighted by molar-refractivity contribution is 5.85. The third kappa shape index (κ3) is 2.43. The number of hydrogen-bond donors (Lipinski definition) is 1. The molecule has 1 aromatic carbocycles. The minimum absolute atomic E-state index is 0.251. The van der Waals surface area contributed by atoms with E-state index in [1.165, 1.54) is 12.1 Å². The number of hydrogen-bond acceptors (Lipinski definition) is 5. The number of anilines is 1. The molecule has 0 bridgehead atoms. The number of nitrogens with zero attached hydrogens (tertiary/aromatic N) is 2. The summed E-state index contributed by atoms with van der Waals surface area (Å²) >= 11 is 0. The Kier molecular flexibility index (Phi) is 3.27. The van der Waals surface area contributed by atoms with Crippen molar-refractivity contribution in [3.63, 3.8) is 0 Å². The number of ether oxygens (including phenoxy) is 1. The normalized spacial score (nSPS) is 10.6. The lowest BCUT2D eigenvalue weighted by atomic mass is 10.0. The molecule has 2 heterocycles. The first kappa shape index (κ1) is 13.1. The van der Waals surface area contributed by atoms with Crippen molar-refractivity contribution in [1.82, 2.24) is 10.1 Å². The number of benzene rings is 1. The van der Waals surface area contributed by atoms with Gasteiger partial charge in [-0.25, -0.2) is 9.37 Å². The molecule has 3 aromatic rings. The lowest BCUT2D eigenvalue weighted by Gasteiger charge is -2.04. The number of pyridine rings is 1. The van der Waals surface area contributed by atoms with Crippen LogP contribution in [0.4, 0.5) is 10.2 Å². The molecule has 0 saturated carbocycles. The first-order valence-corrected chi connectivity index (χ1v) is 6.20. The van der Waals surface area contributed by atoms with E-state index in [-0.39, 0.29) is 5.82 Å². The first-order chi connectivity index (χ1) is 10.2. The van der Waals surface area contributed by atoms with Gasteiger partial charge in [0.25, 0.3) is 0 Å². The van der Waals surface area contributed by atoms with Crippen LogP contribution in [-0.2, 0) is 0 Å². The molecule has 3 rings (SSSR count). The summed E-state index contributed by atoms with van der Waals surface area (Å²) in [7, 11) is 1.59. The Balaban J connectivity index is 2.09. The second-order valence-electron chi connectivity index (χ2n) is 4.36. The van der Waals surface area contributed by atoms with Gasteiger partial charge in [0.1, 0.15) is 17.3 Å². The summed E-state index contributed by atoms with van der Waals surface area (Å²) in [5.74, 6) is 0.964. The summed E-state index contributed by atoms with van der Waals surface area (Å²) in [6.45, 7) is 0. The minimum Gasteiger partial charge on any atom is -0.497 e. The van der Waals surface area contributed by atoms with Crippen molar-refractivity contribution < 1.29 is 13.7 Å². The molecule has 0 radical (unpaired) electrons. The Hall–Kier alpha value is -2.89. The average Bonchev–Trinajstić information content (AvgIpc) is 2.90. The second kappa shape index (κ2) is 5.24. The summed E-state index contributed by atoms with van der Waals surface area (Å²) in [6.07, 6.45) is 1.12. The van der Waals surface area contributed by atoms with Crippen LogP contribution in [0.2, 0.25) is 0 Å². The lowest BCUT2D eigenvalue weighted by molar-refractivity contribution is 0.415. The quantitative estimate of drug-likeness (QED) is 0.800.